The van der Waals surface area contributed by atoms with E-state index in [1.54, 1.807) is 11.3 Å². The van der Waals surface area contributed by atoms with Crippen molar-refractivity contribution in [2.45, 2.75) is 39.7 Å². The third-order valence-electron chi connectivity index (χ3n) is 4.26. The van der Waals surface area contributed by atoms with Crippen molar-refractivity contribution in [3.05, 3.63) is 28.0 Å². The molecule has 0 bridgehead atoms. The van der Waals surface area contributed by atoms with Crippen LogP contribution in [-0.4, -0.2) is 36.5 Å². The number of rotatable bonds is 5. The fourth-order valence-electron chi connectivity index (χ4n) is 2.63. The third kappa shape index (κ3) is 4.97. The molecule has 1 N–H and O–H groups in total. The number of likely N-dealkylation sites (tertiary alicyclic amines) is 1. The van der Waals surface area contributed by atoms with Crippen LogP contribution in [0.2, 0.25) is 0 Å². The summed E-state index contributed by atoms with van der Waals surface area (Å²) >= 11 is 1.65. The molecule has 1 fully saturated rings. The molecule has 1 saturated heterocycles. The van der Waals surface area contributed by atoms with E-state index in [9.17, 15) is 4.79 Å². The highest BCUT2D eigenvalue weighted by molar-refractivity contribution is 7.10. The molecule has 2 rings (SSSR count). The minimum atomic E-state index is 0.0422. The summed E-state index contributed by atoms with van der Waals surface area (Å²) < 4.78 is 0. The first-order valence-electron chi connectivity index (χ1n) is 7.80. The number of nitrogens with zero attached hydrogens (tertiary/aromatic N) is 1. The number of nitrogens with one attached hydrogen (secondary N) is 1. The summed E-state index contributed by atoms with van der Waals surface area (Å²) in [4.78, 5) is 15.7. The van der Waals surface area contributed by atoms with E-state index in [0.717, 1.165) is 36.0 Å². The zero-order chi connectivity index (χ0) is 15.2. The summed E-state index contributed by atoms with van der Waals surface area (Å²) in [6.07, 6.45) is 4.50. The van der Waals surface area contributed by atoms with Gasteiger partial charge in [-0.15, -0.1) is 11.3 Å². The Kier molecular flexibility index (Phi) is 6.00. The summed E-state index contributed by atoms with van der Waals surface area (Å²) in [7, 11) is 0. The maximum absolute atomic E-state index is 12.1. The number of carbonyl (C=O) groups excluding carboxylic acids is 1. The molecule has 0 aliphatic carbocycles. The van der Waals surface area contributed by atoms with Gasteiger partial charge in [-0.05, 0) is 63.2 Å². The Morgan fingerprint density at radius 1 is 1.52 bits per heavy atom. The third-order valence-corrected chi connectivity index (χ3v) is 5.08. The van der Waals surface area contributed by atoms with E-state index in [0.29, 0.717) is 6.04 Å². The van der Waals surface area contributed by atoms with Crippen LogP contribution >= 0.6 is 11.3 Å². The lowest BCUT2D eigenvalue weighted by Gasteiger charge is -2.35. The van der Waals surface area contributed by atoms with Gasteiger partial charge in [0.15, 0.2) is 0 Å². The standard InChI is InChI=1S/C17H26N2OS/c1-13-6-8-19(9-7-13)15(3)12-18-17(20)14(2)11-16-5-4-10-21-16/h4-5,10-11,13,15H,6-9,12H2,1-3H3,(H,18,20)/b14-11+. The normalized spacial score (nSPS) is 19.5. The highest BCUT2D eigenvalue weighted by atomic mass is 32.1. The molecule has 2 heterocycles. The first kappa shape index (κ1) is 16.2. The molecule has 1 aromatic rings. The molecule has 1 aromatic heterocycles. The molecule has 0 radical (unpaired) electrons. The Labute approximate surface area is 132 Å². The molecular formula is C17H26N2OS. The molecule has 1 unspecified atom stereocenters. The van der Waals surface area contributed by atoms with E-state index in [4.69, 9.17) is 0 Å². The van der Waals surface area contributed by atoms with E-state index >= 15 is 0 Å². The molecule has 21 heavy (non-hydrogen) atoms. The number of piperidine rings is 1. The van der Waals surface area contributed by atoms with Crippen LogP contribution < -0.4 is 5.32 Å². The maximum atomic E-state index is 12.1. The molecule has 0 saturated carbocycles. The number of thiophene rings is 1. The fourth-order valence-corrected chi connectivity index (χ4v) is 3.35. The summed E-state index contributed by atoms with van der Waals surface area (Å²) in [6, 6.07) is 4.44. The van der Waals surface area contributed by atoms with Crippen molar-refractivity contribution >= 4 is 23.3 Å². The highest BCUT2D eigenvalue weighted by Crippen LogP contribution is 2.18. The van der Waals surface area contributed by atoms with Crippen molar-refractivity contribution in [1.29, 1.82) is 0 Å². The van der Waals surface area contributed by atoms with Gasteiger partial charge in [0.2, 0.25) is 5.91 Å². The molecular weight excluding hydrogens is 280 g/mol. The monoisotopic (exact) mass is 306 g/mol. The second kappa shape index (κ2) is 7.76. The Morgan fingerprint density at radius 2 is 2.24 bits per heavy atom. The molecule has 0 spiro atoms. The van der Waals surface area contributed by atoms with Gasteiger partial charge in [-0.2, -0.15) is 0 Å². The van der Waals surface area contributed by atoms with Crippen LogP contribution in [0.4, 0.5) is 0 Å². The molecule has 4 heteroatoms. The van der Waals surface area contributed by atoms with E-state index in [-0.39, 0.29) is 5.91 Å². The largest absolute Gasteiger partial charge is 0.351 e. The number of amides is 1. The van der Waals surface area contributed by atoms with Gasteiger partial charge in [0.25, 0.3) is 0 Å². The smallest absolute Gasteiger partial charge is 0.247 e. The average Bonchev–Trinajstić information content (AvgIpc) is 2.98. The van der Waals surface area contributed by atoms with Crippen LogP contribution in [0.25, 0.3) is 6.08 Å². The van der Waals surface area contributed by atoms with E-state index < -0.39 is 0 Å². The lowest BCUT2D eigenvalue weighted by Crippen LogP contribution is -2.45. The minimum absolute atomic E-state index is 0.0422. The van der Waals surface area contributed by atoms with Crippen molar-refractivity contribution < 1.29 is 4.79 Å². The topological polar surface area (TPSA) is 32.3 Å². The van der Waals surface area contributed by atoms with Gasteiger partial charge >= 0.3 is 0 Å². The van der Waals surface area contributed by atoms with Gasteiger partial charge in [0.05, 0.1) is 0 Å². The van der Waals surface area contributed by atoms with Crippen LogP contribution in [0.3, 0.4) is 0 Å². The van der Waals surface area contributed by atoms with Crippen LogP contribution in [0.5, 0.6) is 0 Å². The van der Waals surface area contributed by atoms with E-state index in [2.05, 4.69) is 24.1 Å². The van der Waals surface area contributed by atoms with Crippen molar-refractivity contribution in [2.75, 3.05) is 19.6 Å². The lowest BCUT2D eigenvalue weighted by atomic mass is 9.98. The predicted octanol–water partition coefficient (Wildman–Crippen LogP) is 3.39. The average molecular weight is 306 g/mol. The number of hydrogen-bond acceptors (Lipinski definition) is 3. The molecule has 3 nitrogen and oxygen atoms in total. The fraction of sp³-hybridized carbons (Fsp3) is 0.588. The van der Waals surface area contributed by atoms with Gasteiger partial charge in [-0.1, -0.05) is 13.0 Å². The quantitative estimate of drug-likeness (QED) is 0.846. The molecule has 1 amide bonds. The first-order valence-corrected chi connectivity index (χ1v) is 8.68. The summed E-state index contributed by atoms with van der Waals surface area (Å²) in [5.74, 6) is 0.889. The van der Waals surface area contributed by atoms with Gasteiger partial charge in [0, 0.05) is 23.0 Å². The predicted molar refractivity (Wildman–Crippen MR) is 90.4 cm³/mol. The summed E-state index contributed by atoms with van der Waals surface area (Å²) in [6.45, 7) is 9.44. The Bertz CT molecular complexity index is 473. The zero-order valence-corrected chi connectivity index (χ0v) is 14.1. The van der Waals surface area contributed by atoms with Crippen molar-refractivity contribution in [3.63, 3.8) is 0 Å². The van der Waals surface area contributed by atoms with Crippen LogP contribution in [-0.2, 0) is 4.79 Å². The Balaban J connectivity index is 1.78. The van der Waals surface area contributed by atoms with Crippen LogP contribution in [0, 0.1) is 5.92 Å². The summed E-state index contributed by atoms with van der Waals surface area (Å²) in [5.41, 5.74) is 0.775. The molecule has 1 aliphatic rings. The second-order valence-corrected chi connectivity index (χ2v) is 7.10. The minimum Gasteiger partial charge on any atom is -0.351 e. The lowest BCUT2D eigenvalue weighted by molar-refractivity contribution is -0.117. The Hall–Kier alpha value is -1.13. The van der Waals surface area contributed by atoms with Crippen molar-refractivity contribution in [1.82, 2.24) is 10.2 Å². The Morgan fingerprint density at radius 3 is 2.86 bits per heavy atom. The molecule has 0 aromatic carbocycles. The molecule has 1 atom stereocenters. The van der Waals surface area contributed by atoms with Crippen LogP contribution in [0.15, 0.2) is 23.1 Å². The van der Waals surface area contributed by atoms with Crippen molar-refractivity contribution in [2.24, 2.45) is 5.92 Å². The van der Waals surface area contributed by atoms with Gasteiger partial charge < -0.3 is 5.32 Å². The van der Waals surface area contributed by atoms with E-state index in [1.807, 2.05) is 30.5 Å². The van der Waals surface area contributed by atoms with Crippen LogP contribution in [0.1, 0.15) is 38.5 Å². The summed E-state index contributed by atoms with van der Waals surface area (Å²) in [5, 5.41) is 5.08. The maximum Gasteiger partial charge on any atom is 0.247 e. The van der Waals surface area contributed by atoms with Gasteiger partial charge in [0.1, 0.15) is 0 Å². The molecule has 116 valence electrons. The second-order valence-electron chi connectivity index (χ2n) is 6.12. The number of hydrogen-bond donors (Lipinski definition) is 1. The van der Waals surface area contributed by atoms with E-state index in [1.165, 1.54) is 12.8 Å². The van der Waals surface area contributed by atoms with Gasteiger partial charge in [-0.25, -0.2) is 0 Å². The van der Waals surface area contributed by atoms with Crippen molar-refractivity contribution in [3.8, 4) is 0 Å². The number of carbonyl (C=O) groups is 1. The van der Waals surface area contributed by atoms with Gasteiger partial charge in [-0.3, -0.25) is 9.69 Å². The first-order chi connectivity index (χ1) is 10.1. The zero-order valence-electron chi connectivity index (χ0n) is 13.3. The SMILES string of the molecule is C/C(=C\c1cccs1)C(=O)NCC(C)N1CCC(C)CC1. The molecule has 1 aliphatic heterocycles. The highest BCUT2D eigenvalue weighted by Gasteiger charge is 2.20.